The van der Waals surface area contributed by atoms with Crippen LogP contribution in [0.15, 0.2) is 51.6 Å². The van der Waals surface area contributed by atoms with E-state index in [1.807, 2.05) is 13.0 Å². The number of fused-ring (bicyclic) bond motifs is 1. The van der Waals surface area contributed by atoms with Crippen LogP contribution in [0.4, 0.5) is 0 Å². The van der Waals surface area contributed by atoms with Crippen LogP contribution < -0.4 is 5.43 Å². The highest BCUT2D eigenvalue weighted by molar-refractivity contribution is 5.93. The normalized spacial score (nSPS) is 23.6. The number of aliphatic hydroxyl groups is 1. The van der Waals surface area contributed by atoms with Crippen LogP contribution in [0.2, 0.25) is 0 Å². The van der Waals surface area contributed by atoms with Crippen LogP contribution in [-0.2, 0) is 14.3 Å². The number of rotatable bonds is 7. The number of aliphatic hydroxyl groups excluding tert-OH is 1. The zero-order chi connectivity index (χ0) is 20.4. The quantitative estimate of drug-likeness (QED) is 0.719. The van der Waals surface area contributed by atoms with E-state index >= 15 is 0 Å². The number of carbonyl (C=O) groups is 1. The molecule has 2 aliphatic rings. The summed E-state index contributed by atoms with van der Waals surface area (Å²) in [5.74, 6) is -0.618. The smallest absolute Gasteiger partial charge is 0.288 e. The third-order valence-electron chi connectivity index (χ3n) is 5.42. The van der Waals surface area contributed by atoms with Gasteiger partial charge < -0.3 is 23.9 Å². The van der Waals surface area contributed by atoms with Crippen molar-refractivity contribution in [2.24, 2.45) is 5.92 Å². The number of benzene rings is 1. The van der Waals surface area contributed by atoms with E-state index in [4.69, 9.17) is 13.9 Å². The number of allylic oxidation sites excluding steroid dienone is 1. The lowest BCUT2D eigenvalue weighted by Gasteiger charge is -2.36. The Morgan fingerprint density at radius 3 is 2.83 bits per heavy atom. The summed E-state index contributed by atoms with van der Waals surface area (Å²) < 4.78 is 17.4. The molecule has 0 spiro atoms. The van der Waals surface area contributed by atoms with Gasteiger partial charge in [0.2, 0.25) is 6.29 Å². The van der Waals surface area contributed by atoms with Crippen molar-refractivity contribution in [3.63, 3.8) is 0 Å². The molecule has 154 valence electrons. The number of nitrogens with zero attached hydrogens (tertiary/aromatic N) is 1. The Kier molecular flexibility index (Phi) is 5.69. The Morgan fingerprint density at radius 2 is 2.10 bits per heavy atom. The fourth-order valence-electron chi connectivity index (χ4n) is 3.85. The van der Waals surface area contributed by atoms with Gasteiger partial charge in [-0.1, -0.05) is 12.1 Å². The average molecular weight is 399 g/mol. The van der Waals surface area contributed by atoms with Gasteiger partial charge in [0.05, 0.1) is 11.6 Å². The van der Waals surface area contributed by atoms with Crippen molar-refractivity contribution < 1.29 is 23.8 Å². The standard InChI is InChI=1S/C22H25NO6/c1-2-27-22-14(7-5-11-24)16(12-19(29-22)21(26)23-9-10-23)17-13-28-18-8-4-3-6-15(18)20(17)25/h3-4,6,8,12-14,16,22,24H,2,5,7,9-11H2,1H3/t14-,16+,22-/m1/s1. The number of ether oxygens (including phenoxy) is 2. The SMILES string of the molecule is CCO[C@@H]1OC(C(=O)N2CC2)=C[C@H](c2coc3ccccc3c2=O)[C@H]1CCCO. The summed E-state index contributed by atoms with van der Waals surface area (Å²) in [7, 11) is 0. The van der Waals surface area contributed by atoms with Crippen molar-refractivity contribution in [2.75, 3.05) is 26.3 Å². The molecule has 2 aliphatic heterocycles. The molecule has 0 radical (unpaired) electrons. The summed E-state index contributed by atoms with van der Waals surface area (Å²) >= 11 is 0. The zero-order valence-corrected chi connectivity index (χ0v) is 16.4. The van der Waals surface area contributed by atoms with E-state index in [9.17, 15) is 14.7 Å². The van der Waals surface area contributed by atoms with E-state index in [0.29, 0.717) is 49.1 Å². The Balaban J connectivity index is 1.80. The molecule has 1 N–H and O–H groups in total. The largest absolute Gasteiger partial charge is 0.464 e. The van der Waals surface area contributed by atoms with Crippen molar-refractivity contribution in [3.05, 3.63) is 58.2 Å². The monoisotopic (exact) mass is 399 g/mol. The Bertz CT molecular complexity index is 977. The lowest BCUT2D eigenvalue weighted by atomic mass is 9.81. The number of hydrogen-bond acceptors (Lipinski definition) is 6. The highest BCUT2D eigenvalue weighted by Crippen LogP contribution is 2.39. The molecule has 0 aliphatic carbocycles. The van der Waals surface area contributed by atoms with Gasteiger partial charge in [-0.25, -0.2) is 0 Å². The second-order valence-electron chi connectivity index (χ2n) is 7.34. The minimum absolute atomic E-state index is 0.0255. The third kappa shape index (κ3) is 3.93. The summed E-state index contributed by atoms with van der Waals surface area (Å²) in [6.45, 7) is 3.70. The molecule has 0 saturated carbocycles. The van der Waals surface area contributed by atoms with E-state index in [-0.39, 0.29) is 29.6 Å². The summed E-state index contributed by atoms with van der Waals surface area (Å²) in [6.07, 6.45) is 3.65. The zero-order valence-electron chi connectivity index (χ0n) is 16.4. The predicted octanol–water partition coefficient (Wildman–Crippen LogP) is 2.38. The molecule has 0 unspecified atom stereocenters. The Morgan fingerprint density at radius 1 is 1.31 bits per heavy atom. The fraction of sp³-hybridized carbons (Fsp3) is 0.455. The van der Waals surface area contributed by atoms with Crippen LogP contribution in [0.25, 0.3) is 11.0 Å². The van der Waals surface area contributed by atoms with Crippen molar-refractivity contribution in [3.8, 4) is 0 Å². The van der Waals surface area contributed by atoms with Gasteiger partial charge in [-0.2, -0.15) is 0 Å². The van der Waals surface area contributed by atoms with Crippen molar-refractivity contribution in [1.82, 2.24) is 4.90 Å². The van der Waals surface area contributed by atoms with Gasteiger partial charge in [-0.3, -0.25) is 9.59 Å². The molecule has 3 heterocycles. The Hall–Kier alpha value is -2.64. The molecule has 7 nitrogen and oxygen atoms in total. The van der Waals surface area contributed by atoms with Crippen LogP contribution in [0.3, 0.4) is 0 Å². The van der Waals surface area contributed by atoms with E-state index in [2.05, 4.69) is 0 Å². The van der Waals surface area contributed by atoms with Gasteiger partial charge in [0.15, 0.2) is 11.2 Å². The first kappa shape index (κ1) is 19.7. The third-order valence-corrected chi connectivity index (χ3v) is 5.42. The minimum Gasteiger partial charge on any atom is -0.464 e. The molecule has 0 bridgehead atoms. The first-order chi connectivity index (χ1) is 14.1. The first-order valence-corrected chi connectivity index (χ1v) is 10.0. The molecule has 1 aromatic carbocycles. The predicted molar refractivity (Wildman–Crippen MR) is 106 cm³/mol. The van der Waals surface area contributed by atoms with Gasteiger partial charge in [0.1, 0.15) is 5.58 Å². The van der Waals surface area contributed by atoms with Crippen LogP contribution in [-0.4, -0.2) is 48.5 Å². The van der Waals surface area contributed by atoms with Crippen LogP contribution in [0.1, 0.15) is 31.2 Å². The number of amides is 1. The number of carbonyl (C=O) groups excluding carboxylic acids is 1. The molecular weight excluding hydrogens is 374 g/mol. The molecule has 1 saturated heterocycles. The van der Waals surface area contributed by atoms with Crippen molar-refractivity contribution in [1.29, 1.82) is 0 Å². The van der Waals surface area contributed by atoms with Gasteiger partial charge in [0.25, 0.3) is 5.91 Å². The minimum atomic E-state index is -0.675. The van der Waals surface area contributed by atoms with Crippen LogP contribution >= 0.6 is 0 Å². The molecule has 2 aromatic rings. The van der Waals surface area contributed by atoms with Crippen molar-refractivity contribution >= 4 is 16.9 Å². The lowest BCUT2D eigenvalue weighted by molar-refractivity contribution is -0.168. The molecule has 3 atom stereocenters. The molecule has 1 fully saturated rings. The van der Waals surface area contributed by atoms with Crippen molar-refractivity contribution in [2.45, 2.75) is 32.0 Å². The average Bonchev–Trinajstić information content (AvgIpc) is 3.58. The van der Waals surface area contributed by atoms with Gasteiger partial charge >= 0.3 is 0 Å². The summed E-state index contributed by atoms with van der Waals surface area (Å²) in [5.41, 5.74) is 0.861. The molecule has 1 amide bonds. The highest BCUT2D eigenvalue weighted by atomic mass is 16.7. The highest BCUT2D eigenvalue weighted by Gasteiger charge is 2.41. The summed E-state index contributed by atoms with van der Waals surface area (Å²) in [4.78, 5) is 27.5. The molecular formula is C22H25NO6. The van der Waals surface area contributed by atoms with E-state index in [0.717, 1.165) is 0 Å². The van der Waals surface area contributed by atoms with Crippen LogP contribution in [0.5, 0.6) is 0 Å². The summed E-state index contributed by atoms with van der Waals surface area (Å²) in [6, 6.07) is 7.10. The molecule has 29 heavy (non-hydrogen) atoms. The number of hydrogen-bond donors (Lipinski definition) is 1. The van der Waals surface area contributed by atoms with E-state index < -0.39 is 12.2 Å². The van der Waals surface area contributed by atoms with E-state index in [1.165, 1.54) is 6.26 Å². The maximum atomic E-state index is 13.2. The lowest BCUT2D eigenvalue weighted by Crippen LogP contribution is -2.38. The maximum absolute atomic E-state index is 13.2. The second-order valence-corrected chi connectivity index (χ2v) is 7.34. The van der Waals surface area contributed by atoms with E-state index in [1.54, 1.807) is 29.2 Å². The second kappa shape index (κ2) is 8.39. The molecule has 7 heteroatoms. The Labute approximate surface area is 168 Å². The topological polar surface area (TPSA) is 89.0 Å². The maximum Gasteiger partial charge on any atom is 0.288 e. The first-order valence-electron chi connectivity index (χ1n) is 10.0. The number of para-hydroxylation sites is 1. The van der Waals surface area contributed by atoms with Crippen LogP contribution in [0, 0.1) is 5.92 Å². The van der Waals surface area contributed by atoms with Gasteiger partial charge in [-0.05, 0) is 38.0 Å². The summed E-state index contributed by atoms with van der Waals surface area (Å²) in [5, 5.41) is 9.85. The molecule has 1 aromatic heterocycles. The van der Waals surface area contributed by atoms with Gasteiger partial charge in [-0.15, -0.1) is 0 Å². The fourth-order valence-corrected chi connectivity index (χ4v) is 3.85. The van der Waals surface area contributed by atoms with Gasteiger partial charge in [0, 0.05) is 43.7 Å². The molecule has 4 rings (SSSR count).